The van der Waals surface area contributed by atoms with E-state index in [-0.39, 0.29) is 11.9 Å². The van der Waals surface area contributed by atoms with Gasteiger partial charge in [0, 0.05) is 27.9 Å². The first-order chi connectivity index (χ1) is 12.9. The average Bonchev–Trinajstić information content (AvgIpc) is 2.60. The highest BCUT2D eigenvalue weighted by molar-refractivity contribution is 7.90. The fraction of sp³-hybridized carbons (Fsp3) is 0.476. The highest BCUT2D eigenvalue weighted by Gasteiger charge is 2.30. The third kappa shape index (κ3) is 5.77. The molecule has 0 saturated carbocycles. The lowest BCUT2D eigenvalue weighted by Crippen LogP contribution is -2.40. The maximum absolute atomic E-state index is 12.6. The molecule has 0 unspecified atom stereocenters. The van der Waals surface area contributed by atoms with E-state index in [9.17, 15) is 9.35 Å². The van der Waals surface area contributed by atoms with Gasteiger partial charge >= 0.3 is 0 Å². The summed E-state index contributed by atoms with van der Waals surface area (Å²) >= 11 is -1.25. The van der Waals surface area contributed by atoms with Crippen molar-refractivity contribution in [3.63, 3.8) is 0 Å². The number of aromatic nitrogens is 2. The molecule has 0 saturated heterocycles. The molecular formula is C21H30N4O2S. The van der Waals surface area contributed by atoms with E-state index in [0.717, 1.165) is 11.1 Å². The van der Waals surface area contributed by atoms with Crippen molar-refractivity contribution in [3.05, 3.63) is 42.0 Å². The maximum Gasteiger partial charge on any atom is 0.230 e. The van der Waals surface area contributed by atoms with E-state index in [1.54, 1.807) is 6.07 Å². The number of rotatable bonds is 5. The molecule has 0 spiro atoms. The van der Waals surface area contributed by atoms with Crippen molar-refractivity contribution in [3.8, 4) is 11.3 Å². The Kier molecular flexibility index (Phi) is 6.85. The van der Waals surface area contributed by atoms with Crippen molar-refractivity contribution >= 4 is 23.1 Å². The first kappa shape index (κ1) is 22.3. The Morgan fingerprint density at radius 2 is 1.68 bits per heavy atom. The van der Waals surface area contributed by atoms with Gasteiger partial charge in [0.2, 0.25) is 5.91 Å². The molecule has 6 nitrogen and oxygen atoms in total. The second kappa shape index (κ2) is 8.59. The number of amides is 1. The van der Waals surface area contributed by atoms with Crippen LogP contribution in [-0.4, -0.2) is 25.4 Å². The number of benzene rings is 1. The number of hydrogen-bond acceptors (Lipinski definition) is 5. The van der Waals surface area contributed by atoms with E-state index in [2.05, 4.69) is 20.2 Å². The number of nitrogens with one attached hydrogen (secondary N) is 2. The Labute approximate surface area is 170 Å². The fourth-order valence-electron chi connectivity index (χ4n) is 2.32. The largest absolute Gasteiger partial charge is 0.598 e. The van der Waals surface area contributed by atoms with Crippen LogP contribution in [-0.2, 0) is 16.2 Å². The zero-order valence-corrected chi connectivity index (χ0v) is 18.5. The summed E-state index contributed by atoms with van der Waals surface area (Å²) in [5, 5.41) is 11.4. The molecule has 0 aliphatic rings. The SMILES string of the molecule is C[C@H](N[S@+]([O-])C(C)(C)C)c1cc(NC(=O)C(C)(C)C)nnc1-c1ccccc1. The van der Waals surface area contributed by atoms with Crippen LogP contribution < -0.4 is 10.0 Å². The van der Waals surface area contributed by atoms with Gasteiger partial charge in [-0.2, -0.15) is 0 Å². The van der Waals surface area contributed by atoms with Gasteiger partial charge in [0.15, 0.2) is 5.82 Å². The normalized spacial score (nSPS) is 14.4. The third-order valence-corrected chi connectivity index (χ3v) is 5.78. The van der Waals surface area contributed by atoms with Crippen LogP contribution in [0.4, 0.5) is 5.82 Å². The Hall–Kier alpha value is -1.96. The number of hydrogen-bond donors (Lipinski definition) is 2. The molecule has 7 heteroatoms. The van der Waals surface area contributed by atoms with Crippen LogP contribution in [0.3, 0.4) is 0 Å². The molecule has 1 amide bonds. The van der Waals surface area contributed by atoms with Gasteiger partial charge in [0.05, 0.1) is 11.7 Å². The predicted molar refractivity (Wildman–Crippen MR) is 115 cm³/mol. The van der Waals surface area contributed by atoms with E-state index >= 15 is 0 Å². The van der Waals surface area contributed by atoms with E-state index in [1.165, 1.54) is 0 Å². The smallest absolute Gasteiger partial charge is 0.230 e. The summed E-state index contributed by atoms with van der Waals surface area (Å²) in [7, 11) is 0. The van der Waals surface area contributed by atoms with Crippen LogP contribution in [0, 0.1) is 5.41 Å². The first-order valence-corrected chi connectivity index (χ1v) is 10.5. The Balaban J connectivity index is 2.42. The highest BCUT2D eigenvalue weighted by atomic mass is 32.2. The lowest BCUT2D eigenvalue weighted by Gasteiger charge is -2.27. The van der Waals surface area contributed by atoms with Crippen LogP contribution in [0.5, 0.6) is 0 Å². The second-order valence-electron chi connectivity index (χ2n) is 8.82. The van der Waals surface area contributed by atoms with Gasteiger partial charge in [0.1, 0.15) is 4.75 Å². The van der Waals surface area contributed by atoms with Crippen LogP contribution in [0.25, 0.3) is 11.3 Å². The van der Waals surface area contributed by atoms with Crippen molar-refractivity contribution < 1.29 is 9.35 Å². The van der Waals surface area contributed by atoms with Gasteiger partial charge in [-0.1, -0.05) is 51.1 Å². The van der Waals surface area contributed by atoms with Gasteiger partial charge in [0.25, 0.3) is 0 Å². The van der Waals surface area contributed by atoms with Crippen molar-refractivity contribution in [1.82, 2.24) is 14.9 Å². The van der Waals surface area contributed by atoms with Gasteiger partial charge in [-0.15, -0.1) is 14.9 Å². The minimum atomic E-state index is -1.25. The molecule has 2 N–H and O–H groups in total. The monoisotopic (exact) mass is 402 g/mol. The van der Waals surface area contributed by atoms with Crippen LogP contribution in [0.2, 0.25) is 0 Å². The Morgan fingerprint density at radius 3 is 2.21 bits per heavy atom. The van der Waals surface area contributed by atoms with Crippen LogP contribution in [0.1, 0.15) is 60.1 Å². The van der Waals surface area contributed by atoms with Gasteiger partial charge in [-0.3, -0.25) is 4.79 Å². The molecule has 28 heavy (non-hydrogen) atoms. The topological polar surface area (TPSA) is 90.0 Å². The number of carbonyl (C=O) groups is 1. The first-order valence-electron chi connectivity index (χ1n) is 9.32. The average molecular weight is 403 g/mol. The zero-order valence-electron chi connectivity index (χ0n) is 17.7. The lowest BCUT2D eigenvalue weighted by atomic mass is 9.95. The molecule has 0 bridgehead atoms. The summed E-state index contributed by atoms with van der Waals surface area (Å²) < 4.78 is 15.3. The number of nitrogens with zero attached hydrogens (tertiary/aromatic N) is 2. The molecule has 0 fully saturated rings. The second-order valence-corrected chi connectivity index (χ2v) is 10.8. The summed E-state index contributed by atoms with van der Waals surface area (Å²) in [6, 6.07) is 11.3. The molecule has 0 aliphatic carbocycles. The van der Waals surface area contributed by atoms with Crippen LogP contribution >= 0.6 is 0 Å². The molecule has 2 atom stereocenters. The standard InChI is InChI=1S/C21H30N4O2S/c1-14(25-28(27)21(5,6)7)16-13-17(22-19(26)20(2,3)4)23-24-18(16)15-11-9-8-10-12-15/h8-14,25H,1-7H3,(H,22,23,26)/t14-,28+/m0/s1. The van der Waals surface area contributed by atoms with Crippen molar-refractivity contribution in [2.45, 2.75) is 59.3 Å². The summed E-state index contributed by atoms with van der Waals surface area (Å²) in [6.07, 6.45) is 0. The molecule has 2 rings (SSSR count). The van der Waals surface area contributed by atoms with Gasteiger partial charge in [-0.05, 0) is 33.8 Å². The Bertz CT molecular complexity index is 813. The highest BCUT2D eigenvalue weighted by Crippen LogP contribution is 2.29. The van der Waals surface area contributed by atoms with Crippen molar-refractivity contribution in [1.29, 1.82) is 0 Å². The molecule has 1 aromatic carbocycles. The summed E-state index contributed by atoms with van der Waals surface area (Å²) in [6.45, 7) is 13.2. The van der Waals surface area contributed by atoms with Gasteiger partial charge < -0.3 is 9.87 Å². The van der Waals surface area contributed by atoms with Gasteiger partial charge in [-0.25, -0.2) is 0 Å². The minimum absolute atomic E-state index is 0.140. The minimum Gasteiger partial charge on any atom is -0.598 e. The summed E-state index contributed by atoms with van der Waals surface area (Å²) in [5.74, 6) is 0.240. The molecule has 1 aromatic heterocycles. The van der Waals surface area contributed by atoms with E-state index in [4.69, 9.17) is 0 Å². The Morgan fingerprint density at radius 1 is 1.07 bits per heavy atom. The zero-order chi connectivity index (χ0) is 21.1. The van der Waals surface area contributed by atoms with Crippen molar-refractivity contribution in [2.24, 2.45) is 5.41 Å². The predicted octanol–water partition coefficient (Wildman–Crippen LogP) is 4.24. The molecule has 2 aromatic rings. The molecule has 0 aliphatic heterocycles. The van der Waals surface area contributed by atoms with E-state index in [1.807, 2.05) is 78.8 Å². The van der Waals surface area contributed by atoms with E-state index in [0.29, 0.717) is 11.5 Å². The maximum atomic E-state index is 12.6. The van der Waals surface area contributed by atoms with Crippen molar-refractivity contribution in [2.75, 3.05) is 5.32 Å². The molecular weight excluding hydrogens is 372 g/mol. The third-order valence-electron chi connectivity index (χ3n) is 4.10. The number of anilines is 1. The molecule has 0 radical (unpaired) electrons. The van der Waals surface area contributed by atoms with Crippen LogP contribution in [0.15, 0.2) is 36.4 Å². The quantitative estimate of drug-likeness (QED) is 0.730. The summed E-state index contributed by atoms with van der Waals surface area (Å²) in [4.78, 5) is 12.3. The summed E-state index contributed by atoms with van der Waals surface area (Å²) in [5.41, 5.74) is 1.88. The molecule has 1 heterocycles. The van der Waals surface area contributed by atoms with E-state index < -0.39 is 21.5 Å². The lowest BCUT2D eigenvalue weighted by molar-refractivity contribution is -0.123. The molecule has 152 valence electrons. The number of carbonyl (C=O) groups excluding carboxylic acids is 1. The fourth-order valence-corrected chi connectivity index (χ4v) is 3.12.